The van der Waals surface area contributed by atoms with E-state index in [-0.39, 0.29) is 5.56 Å². The van der Waals surface area contributed by atoms with E-state index in [1.165, 1.54) is 26.4 Å². The smallest absolute Gasteiger partial charge is 0.326 e. The quantitative estimate of drug-likeness (QED) is 0.811. The summed E-state index contributed by atoms with van der Waals surface area (Å²) in [7, 11) is 2.95. The van der Waals surface area contributed by atoms with Crippen LogP contribution in [0.4, 0.5) is 0 Å². The summed E-state index contributed by atoms with van der Waals surface area (Å²) in [6, 6.07) is 3.76. The van der Waals surface area contributed by atoms with Crippen LogP contribution < -0.4 is 14.8 Å². The minimum absolute atomic E-state index is 0.288. The van der Waals surface area contributed by atoms with E-state index in [0.717, 1.165) is 0 Å². The maximum absolute atomic E-state index is 12.0. The molecule has 2 N–H and O–H groups in total. The van der Waals surface area contributed by atoms with Gasteiger partial charge in [-0.1, -0.05) is 6.92 Å². The maximum atomic E-state index is 12.0. The van der Waals surface area contributed by atoms with E-state index in [9.17, 15) is 9.59 Å². The number of benzene rings is 1. The van der Waals surface area contributed by atoms with E-state index in [1.54, 1.807) is 13.0 Å². The Morgan fingerprint density at radius 1 is 1.21 bits per heavy atom. The highest BCUT2D eigenvalue weighted by atomic mass is 16.5. The molecule has 1 rings (SSSR count). The first-order chi connectivity index (χ1) is 9.01. The second kappa shape index (κ2) is 6.63. The van der Waals surface area contributed by atoms with Crippen LogP contribution in [-0.2, 0) is 4.79 Å². The van der Waals surface area contributed by atoms with E-state index < -0.39 is 17.9 Å². The molecule has 0 aliphatic rings. The van der Waals surface area contributed by atoms with Gasteiger partial charge in [-0.05, 0) is 18.6 Å². The zero-order chi connectivity index (χ0) is 14.4. The highest BCUT2D eigenvalue weighted by Crippen LogP contribution is 2.22. The molecule has 0 saturated carbocycles. The predicted molar refractivity (Wildman–Crippen MR) is 68.7 cm³/mol. The Labute approximate surface area is 111 Å². The summed E-state index contributed by atoms with van der Waals surface area (Å²) in [6.45, 7) is 1.69. The highest BCUT2D eigenvalue weighted by molar-refractivity contribution is 5.97. The number of carbonyl (C=O) groups is 2. The minimum atomic E-state index is -1.06. The van der Waals surface area contributed by atoms with E-state index >= 15 is 0 Å². The van der Waals surface area contributed by atoms with Gasteiger partial charge in [-0.2, -0.15) is 0 Å². The van der Waals surface area contributed by atoms with Gasteiger partial charge in [-0.25, -0.2) is 4.79 Å². The normalized spacial score (nSPS) is 11.5. The molecular formula is C13H17NO5. The molecule has 1 atom stereocenters. The van der Waals surface area contributed by atoms with Crippen molar-refractivity contribution >= 4 is 11.9 Å². The molecule has 0 bridgehead atoms. The van der Waals surface area contributed by atoms with Gasteiger partial charge in [0.15, 0.2) is 0 Å². The van der Waals surface area contributed by atoms with Crippen molar-refractivity contribution in [3.63, 3.8) is 0 Å². The summed E-state index contributed by atoms with van der Waals surface area (Å²) in [6.07, 6.45) is 0.308. The molecule has 0 aliphatic heterocycles. The number of hydrogen-bond donors (Lipinski definition) is 2. The van der Waals surface area contributed by atoms with Gasteiger partial charge in [0.25, 0.3) is 5.91 Å². The maximum Gasteiger partial charge on any atom is 0.326 e. The number of carboxylic acid groups (broad SMARTS) is 1. The van der Waals surface area contributed by atoms with Crippen LogP contribution in [0.3, 0.4) is 0 Å². The second-order valence-corrected chi connectivity index (χ2v) is 3.87. The zero-order valence-electron chi connectivity index (χ0n) is 11.1. The van der Waals surface area contributed by atoms with Crippen molar-refractivity contribution in [2.24, 2.45) is 0 Å². The molecule has 0 fully saturated rings. The van der Waals surface area contributed by atoms with Crippen LogP contribution in [0, 0.1) is 0 Å². The van der Waals surface area contributed by atoms with Crippen molar-refractivity contribution in [2.75, 3.05) is 14.2 Å². The number of methoxy groups -OCH3 is 2. The summed E-state index contributed by atoms with van der Waals surface area (Å²) in [4.78, 5) is 22.8. The van der Waals surface area contributed by atoms with Gasteiger partial charge in [-0.3, -0.25) is 4.79 Å². The van der Waals surface area contributed by atoms with Gasteiger partial charge in [0.2, 0.25) is 0 Å². The number of rotatable bonds is 6. The summed E-state index contributed by atoms with van der Waals surface area (Å²) in [5.74, 6) is -0.613. The number of carbonyl (C=O) groups excluding carboxylic acids is 1. The van der Waals surface area contributed by atoms with Crippen LogP contribution in [0.25, 0.3) is 0 Å². The lowest BCUT2D eigenvalue weighted by Gasteiger charge is -2.13. The number of ether oxygens (including phenoxy) is 2. The van der Waals surface area contributed by atoms with Gasteiger partial charge in [-0.15, -0.1) is 0 Å². The fourth-order valence-electron chi connectivity index (χ4n) is 1.52. The molecule has 6 nitrogen and oxygen atoms in total. The largest absolute Gasteiger partial charge is 0.497 e. The van der Waals surface area contributed by atoms with Gasteiger partial charge >= 0.3 is 5.97 Å². The zero-order valence-corrected chi connectivity index (χ0v) is 11.1. The first-order valence-electron chi connectivity index (χ1n) is 5.78. The molecule has 6 heteroatoms. The van der Waals surface area contributed by atoms with Crippen molar-refractivity contribution in [2.45, 2.75) is 19.4 Å². The molecular weight excluding hydrogens is 250 g/mol. The first-order valence-corrected chi connectivity index (χ1v) is 5.78. The van der Waals surface area contributed by atoms with Gasteiger partial charge in [0.05, 0.1) is 14.2 Å². The topological polar surface area (TPSA) is 84.9 Å². The molecule has 0 saturated heterocycles. The van der Waals surface area contributed by atoms with Crippen molar-refractivity contribution < 1.29 is 24.2 Å². The number of carboxylic acids is 1. The van der Waals surface area contributed by atoms with Crippen LogP contribution in [0.15, 0.2) is 18.2 Å². The van der Waals surface area contributed by atoms with E-state index in [2.05, 4.69) is 5.32 Å². The fourth-order valence-corrected chi connectivity index (χ4v) is 1.52. The third-order valence-corrected chi connectivity index (χ3v) is 2.63. The molecule has 0 aliphatic carbocycles. The Kier molecular flexibility index (Phi) is 5.17. The molecule has 0 spiro atoms. The van der Waals surface area contributed by atoms with Crippen molar-refractivity contribution in [3.8, 4) is 11.5 Å². The molecule has 1 amide bonds. The molecule has 104 valence electrons. The van der Waals surface area contributed by atoms with Crippen LogP contribution in [0.5, 0.6) is 11.5 Å². The Morgan fingerprint density at radius 3 is 2.11 bits per heavy atom. The average Bonchev–Trinajstić information content (AvgIpc) is 2.43. The number of aliphatic carboxylic acids is 1. The summed E-state index contributed by atoms with van der Waals surface area (Å²) in [5, 5.41) is 11.3. The van der Waals surface area contributed by atoms with Crippen molar-refractivity contribution in [1.29, 1.82) is 0 Å². The minimum Gasteiger partial charge on any atom is -0.497 e. The second-order valence-electron chi connectivity index (χ2n) is 3.87. The van der Waals surface area contributed by atoms with Crippen LogP contribution in [0.2, 0.25) is 0 Å². The van der Waals surface area contributed by atoms with Crippen LogP contribution >= 0.6 is 0 Å². The molecule has 1 aromatic carbocycles. The first kappa shape index (κ1) is 14.8. The lowest BCUT2D eigenvalue weighted by Crippen LogP contribution is -2.40. The highest BCUT2D eigenvalue weighted by Gasteiger charge is 2.19. The number of nitrogens with one attached hydrogen (secondary N) is 1. The molecule has 1 aromatic rings. The summed E-state index contributed by atoms with van der Waals surface area (Å²) in [5.41, 5.74) is 0.288. The SMILES string of the molecule is CCC(NC(=O)c1cc(OC)cc(OC)c1)C(=O)O. The lowest BCUT2D eigenvalue weighted by molar-refractivity contribution is -0.139. The van der Waals surface area contributed by atoms with Crippen LogP contribution in [0.1, 0.15) is 23.7 Å². The van der Waals surface area contributed by atoms with Gasteiger partial charge in [0, 0.05) is 11.6 Å². The molecule has 19 heavy (non-hydrogen) atoms. The Hall–Kier alpha value is -2.24. The van der Waals surface area contributed by atoms with E-state index in [0.29, 0.717) is 17.9 Å². The molecule has 0 radical (unpaired) electrons. The summed E-state index contributed by atoms with van der Waals surface area (Å²) < 4.78 is 10.1. The Morgan fingerprint density at radius 2 is 1.74 bits per heavy atom. The standard InChI is InChI=1S/C13H17NO5/c1-4-11(13(16)17)14-12(15)8-5-9(18-2)7-10(6-8)19-3/h5-7,11H,4H2,1-3H3,(H,14,15)(H,16,17). The third kappa shape index (κ3) is 3.87. The molecule has 1 unspecified atom stereocenters. The van der Waals surface area contributed by atoms with Gasteiger partial charge < -0.3 is 19.9 Å². The third-order valence-electron chi connectivity index (χ3n) is 2.63. The van der Waals surface area contributed by atoms with Gasteiger partial charge in [0.1, 0.15) is 17.5 Å². The van der Waals surface area contributed by atoms with Crippen molar-refractivity contribution in [3.05, 3.63) is 23.8 Å². The molecule has 0 aromatic heterocycles. The lowest BCUT2D eigenvalue weighted by atomic mass is 10.1. The monoisotopic (exact) mass is 267 g/mol. The van der Waals surface area contributed by atoms with E-state index in [1.807, 2.05) is 0 Å². The fraction of sp³-hybridized carbons (Fsp3) is 0.385. The Bertz CT molecular complexity index is 450. The number of amides is 1. The average molecular weight is 267 g/mol. The summed E-state index contributed by atoms with van der Waals surface area (Å²) >= 11 is 0. The Balaban J connectivity index is 2.95. The molecule has 0 heterocycles. The number of hydrogen-bond acceptors (Lipinski definition) is 4. The van der Waals surface area contributed by atoms with Crippen LogP contribution in [-0.4, -0.2) is 37.2 Å². The van der Waals surface area contributed by atoms with Crippen molar-refractivity contribution in [1.82, 2.24) is 5.32 Å². The van der Waals surface area contributed by atoms with E-state index in [4.69, 9.17) is 14.6 Å². The predicted octanol–water partition coefficient (Wildman–Crippen LogP) is 1.30.